The van der Waals surface area contributed by atoms with Crippen LogP contribution in [0.25, 0.3) is 0 Å². The van der Waals surface area contributed by atoms with Crippen molar-refractivity contribution in [1.82, 2.24) is 0 Å². The molecule has 0 spiro atoms. The first-order valence-electron chi connectivity index (χ1n) is 5.05. The summed E-state index contributed by atoms with van der Waals surface area (Å²) in [6.07, 6.45) is 1.80. The standard InChI is InChI=1S/C11H16O3S/c1-8-6-7-15-11(8)9(12)4-2-3-5-10(13)14/h6-7,9,12H,2-5H2,1H3,(H,13,14). The minimum absolute atomic E-state index is 0.191. The molecule has 15 heavy (non-hydrogen) atoms. The zero-order valence-corrected chi connectivity index (χ0v) is 9.59. The maximum Gasteiger partial charge on any atom is 0.303 e. The summed E-state index contributed by atoms with van der Waals surface area (Å²) in [6.45, 7) is 1.98. The summed E-state index contributed by atoms with van der Waals surface area (Å²) in [4.78, 5) is 11.3. The Kier molecular flexibility index (Phi) is 4.78. The van der Waals surface area contributed by atoms with Gasteiger partial charge in [-0.15, -0.1) is 11.3 Å². The van der Waals surface area contributed by atoms with Gasteiger partial charge in [0.25, 0.3) is 0 Å². The fraction of sp³-hybridized carbons (Fsp3) is 0.545. The summed E-state index contributed by atoms with van der Waals surface area (Å²) in [6, 6.07) is 1.99. The number of carboxylic acids is 1. The van der Waals surface area contributed by atoms with Crippen molar-refractivity contribution in [3.05, 3.63) is 21.9 Å². The molecule has 0 saturated carbocycles. The van der Waals surface area contributed by atoms with E-state index in [0.717, 1.165) is 16.9 Å². The number of aryl methyl sites for hydroxylation is 1. The van der Waals surface area contributed by atoms with Crippen molar-refractivity contribution in [2.75, 3.05) is 0 Å². The van der Waals surface area contributed by atoms with Crippen LogP contribution in [0, 0.1) is 6.92 Å². The van der Waals surface area contributed by atoms with E-state index >= 15 is 0 Å². The highest BCUT2D eigenvalue weighted by Crippen LogP contribution is 2.27. The summed E-state index contributed by atoms with van der Waals surface area (Å²) in [7, 11) is 0. The minimum Gasteiger partial charge on any atom is -0.481 e. The molecule has 0 saturated heterocycles. The number of aliphatic hydroxyl groups excluding tert-OH is 1. The molecule has 0 fully saturated rings. The van der Waals surface area contributed by atoms with Crippen molar-refractivity contribution in [3.63, 3.8) is 0 Å². The number of hydrogen-bond acceptors (Lipinski definition) is 3. The second kappa shape index (κ2) is 5.88. The third kappa shape index (κ3) is 4.01. The van der Waals surface area contributed by atoms with Crippen LogP contribution in [0.2, 0.25) is 0 Å². The first-order valence-corrected chi connectivity index (χ1v) is 5.93. The van der Waals surface area contributed by atoms with Gasteiger partial charge >= 0.3 is 5.97 Å². The van der Waals surface area contributed by atoms with Crippen LogP contribution in [0.3, 0.4) is 0 Å². The summed E-state index contributed by atoms with van der Waals surface area (Å²) in [5.41, 5.74) is 1.12. The van der Waals surface area contributed by atoms with E-state index in [1.54, 1.807) is 11.3 Å². The van der Waals surface area contributed by atoms with Crippen LogP contribution >= 0.6 is 11.3 Å². The number of hydrogen-bond donors (Lipinski definition) is 2. The molecule has 1 aromatic rings. The van der Waals surface area contributed by atoms with Gasteiger partial charge in [0.05, 0.1) is 6.10 Å². The molecular formula is C11H16O3S. The van der Waals surface area contributed by atoms with Crippen molar-refractivity contribution in [3.8, 4) is 0 Å². The van der Waals surface area contributed by atoms with Gasteiger partial charge in [-0.3, -0.25) is 4.79 Å². The molecule has 1 heterocycles. The van der Waals surface area contributed by atoms with E-state index in [-0.39, 0.29) is 6.42 Å². The molecule has 0 radical (unpaired) electrons. The van der Waals surface area contributed by atoms with Crippen molar-refractivity contribution in [2.24, 2.45) is 0 Å². The van der Waals surface area contributed by atoms with Crippen LogP contribution < -0.4 is 0 Å². The highest BCUT2D eigenvalue weighted by molar-refractivity contribution is 7.10. The van der Waals surface area contributed by atoms with E-state index in [4.69, 9.17) is 5.11 Å². The Bertz CT molecular complexity index is 319. The molecule has 0 bridgehead atoms. The lowest BCUT2D eigenvalue weighted by molar-refractivity contribution is -0.137. The average molecular weight is 228 g/mol. The highest BCUT2D eigenvalue weighted by Gasteiger charge is 2.11. The Labute approximate surface area is 93.4 Å². The molecule has 84 valence electrons. The SMILES string of the molecule is Cc1ccsc1C(O)CCCCC(=O)O. The zero-order valence-electron chi connectivity index (χ0n) is 8.77. The molecule has 4 heteroatoms. The van der Waals surface area contributed by atoms with Crippen LogP contribution in [0.1, 0.15) is 42.2 Å². The second-order valence-corrected chi connectivity index (χ2v) is 4.57. The molecule has 1 atom stereocenters. The fourth-order valence-electron chi connectivity index (χ4n) is 1.47. The Hall–Kier alpha value is -0.870. The molecular weight excluding hydrogens is 212 g/mol. The summed E-state index contributed by atoms with van der Waals surface area (Å²) in [5.74, 6) is -0.767. The molecule has 1 rings (SSSR count). The third-order valence-electron chi connectivity index (χ3n) is 2.32. The number of aliphatic hydroxyl groups is 1. The molecule has 0 amide bonds. The Morgan fingerprint density at radius 2 is 2.27 bits per heavy atom. The summed E-state index contributed by atoms with van der Waals surface area (Å²) in [5, 5.41) is 20.2. The maximum absolute atomic E-state index is 10.3. The first-order chi connectivity index (χ1) is 7.11. The van der Waals surface area contributed by atoms with E-state index in [0.29, 0.717) is 12.8 Å². The number of unbranched alkanes of at least 4 members (excludes halogenated alkanes) is 1. The number of rotatable bonds is 6. The van der Waals surface area contributed by atoms with Crippen molar-refractivity contribution < 1.29 is 15.0 Å². The van der Waals surface area contributed by atoms with E-state index in [1.165, 1.54) is 0 Å². The van der Waals surface area contributed by atoms with Crippen LogP contribution in [0.4, 0.5) is 0 Å². The average Bonchev–Trinajstić information content (AvgIpc) is 2.58. The number of carbonyl (C=O) groups is 1. The van der Waals surface area contributed by atoms with Crippen molar-refractivity contribution in [1.29, 1.82) is 0 Å². The zero-order chi connectivity index (χ0) is 11.3. The van der Waals surface area contributed by atoms with Crippen molar-refractivity contribution in [2.45, 2.75) is 38.7 Å². The van der Waals surface area contributed by atoms with Gasteiger partial charge in [-0.05, 0) is 43.2 Å². The quantitative estimate of drug-likeness (QED) is 0.736. The molecule has 0 aliphatic rings. The third-order valence-corrected chi connectivity index (χ3v) is 3.44. The van der Waals surface area contributed by atoms with Gasteiger partial charge in [-0.25, -0.2) is 0 Å². The smallest absolute Gasteiger partial charge is 0.303 e. The van der Waals surface area contributed by atoms with Crippen molar-refractivity contribution >= 4 is 17.3 Å². The Balaban J connectivity index is 2.28. The normalized spacial score (nSPS) is 12.7. The molecule has 1 aromatic heterocycles. The maximum atomic E-state index is 10.3. The molecule has 0 aromatic carbocycles. The van der Waals surface area contributed by atoms with Gasteiger partial charge in [-0.2, -0.15) is 0 Å². The van der Waals surface area contributed by atoms with Crippen LogP contribution in [-0.4, -0.2) is 16.2 Å². The van der Waals surface area contributed by atoms with Gasteiger partial charge in [0.2, 0.25) is 0 Å². The molecule has 1 unspecified atom stereocenters. The van der Waals surface area contributed by atoms with E-state index < -0.39 is 12.1 Å². The number of thiophene rings is 1. The molecule has 0 aliphatic carbocycles. The summed E-state index contributed by atoms with van der Waals surface area (Å²) >= 11 is 1.56. The fourth-order valence-corrected chi connectivity index (χ4v) is 2.42. The lowest BCUT2D eigenvalue weighted by Crippen LogP contribution is -1.98. The van der Waals surface area contributed by atoms with Gasteiger partial charge in [0.15, 0.2) is 0 Å². The van der Waals surface area contributed by atoms with Gasteiger partial charge in [0, 0.05) is 11.3 Å². The van der Waals surface area contributed by atoms with Gasteiger partial charge in [-0.1, -0.05) is 0 Å². The topological polar surface area (TPSA) is 57.5 Å². The number of aliphatic carboxylic acids is 1. The van der Waals surface area contributed by atoms with Crippen LogP contribution in [0.5, 0.6) is 0 Å². The Morgan fingerprint density at radius 3 is 2.80 bits per heavy atom. The van der Waals surface area contributed by atoms with E-state index in [9.17, 15) is 9.90 Å². The Morgan fingerprint density at radius 1 is 1.53 bits per heavy atom. The van der Waals surface area contributed by atoms with Crippen LogP contribution in [0.15, 0.2) is 11.4 Å². The lowest BCUT2D eigenvalue weighted by atomic mass is 10.1. The monoisotopic (exact) mass is 228 g/mol. The van der Waals surface area contributed by atoms with E-state index in [2.05, 4.69) is 0 Å². The molecule has 3 nitrogen and oxygen atoms in total. The minimum atomic E-state index is -0.767. The largest absolute Gasteiger partial charge is 0.481 e. The molecule has 2 N–H and O–H groups in total. The summed E-state index contributed by atoms with van der Waals surface area (Å²) < 4.78 is 0. The predicted octanol–water partition coefficient (Wildman–Crippen LogP) is 2.73. The second-order valence-electron chi connectivity index (χ2n) is 3.62. The van der Waals surface area contributed by atoms with E-state index in [1.807, 2.05) is 18.4 Å². The lowest BCUT2D eigenvalue weighted by Gasteiger charge is -2.09. The first kappa shape index (κ1) is 12.2. The predicted molar refractivity (Wildman–Crippen MR) is 60.1 cm³/mol. The van der Waals surface area contributed by atoms with Crippen LogP contribution in [-0.2, 0) is 4.79 Å². The molecule has 0 aliphatic heterocycles. The highest BCUT2D eigenvalue weighted by atomic mass is 32.1. The van der Waals surface area contributed by atoms with Gasteiger partial charge in [0.1, 0.15) is 0 Å². The number of carboxylic acid groups (broad SMARTS) is 1. The van der Waals surface area contributed by atoms with Gasteiger partial charge < -0.3 is 10.2 Å².